The molecule has 3 aromatic rings. The van der Waals surface area contributed by atoms with E-state index >= 15 is 0 Å². The molecule has 198 valence electrons. The molecule has 1 unspecified atom stereocenters. The van der Waals surface area contributed by atoms with Gasteiger partial charge in [0, 0.05) is 30.2 Å². The maximum atomic E-state index is 14.4. The summed E-state index contributed by atoms with van der Waals surface area (Å²) < 4.78 is 32.4. The molecule has 5 nitrogen and oxygen atoms in total. The zero-order chi connectivity index (χ0) is 26.8. The van der Waals surface area contributed by atoms with Gasteiger partial charge in [0.15, 0.2) is 0 Å². The maximum Gasteiger partial charge on any atom is 0.303 e. The largest absolute Gasteiger partial charge is 0.481 e. The number of benzene rings is 3. The normalized spacial score (nSPS) is 11.9. The fraction of sp³-hybridized carbons (Fsp3) is 0.367. The highest BCUT2D eigenvalue weighted by atomic mass is 32.2. The number of carbonyl (C=O) groups is 1. The van der Waals surface area contributed by atoms with E-state index in [1.165, 1.54) is 17.2 Å². The third-order valence-corrected chi connectivity index (χ3v) is 7.61. The van der Waals surface area contributed by atoms with Gasteiger partial charge in [0.25, 0.3) is 0 Å². The number of aliphatic carboxylic acids is 1. The van der Waals surface area contributed by atoms with Crippen LogP contribution in [0, 0.1) is 19.7 Å². The number of carboxylic acid groups (broad SMARTS) is 1. The molecule has 0 saturated heterocycles. The Balaban J connectivity index is 1.62. The van der Waals surface area contributed by atoms with Gasteiger partial charge in [-0.2, -0.15) is 0 Å². The third kappa shape index (κ3) is 8.79. The van der Waals surface area contributed by atoms with Gasteiger partial charge in [0.05, 0.1) is 23.2 Å². The van der Waals surface area contributed by atoms with Crippen LogP contribution in [0.1, 0.15) is 53.1 Å². The number of rotatable bonds is 14. The molecule has 0 bridgehead atoms. The van der Waals surface area contributed by atoms with Crippen LogP contribution in [-0.4, -0.2) is 34.3 Å². The van der Waals surface area contributed by atoms with Crippen molar-refractivity contribution in [3.05, 3.63) is 93.8 Å². The topological polar surface area (TPSA) is 75.6 Å². The summed E-state index contributed by atoms with van der Waals surface area (Å²) in [5.74, 6) is -0.691. The molecule has 3 rings (SSSR count). The molecular weight excluding hydrogens is 489 g/mol. The first-order valence-corrected chi connectivity index (χ1v) is 14.0. The monoisotopic (exact) mass is 525 g/mol. The quantitative estimate of drug-likeness (QED) is 0.245. The summed E-state index contributed by atoms with van der Waals surface area (Å²) in [7, 11) is -1.08. The Morgan fingerprint density at radius 2 is 1.78 bits per heavy atom. The molecule has 0 aromatic heterocycles. The van der Waals surface area contributed by atoms with Gasteiger partial charge in [-0.15, -0.1) is 0 Å². The van der Waals surface area contributed by atoms with E-state index in [0.29, 0.717) is 49.6 Å². The average molecular weight is 526 g/mol. The van der Waals surface area contributed by atoms with Crippen molar-refractivity contribution in [3.8, 4) is 0 Å². The van der Waals surface area contributed by atoms with E-state index in [4.69, 9.17) is 9.84 Å². The number of hydrogen-bond acceptors (Lipinski definition) is 4. The molecule has 3 aromatic carbocycles. The zero-order valence-corrected chi connectivity index (χ0v) is 22.6. The van der Waals surface area contributed by atoms with E-state index < -0.39 is 16.8 Å². The highest BCUT2D eigenvalue weighted by Crippen LogP contribution is 2.23. The number of anilines is 1. The van der Waals surface area contributed by atoms with Crippen molar-refractivity contribution < 1.29 is 23.2 Å². The second-order valence-corrected chi connectivity index (χ2v) is 10.8. The van der Waals surface area contributed by atoms with E-state index in [1.54, 1.807) is 6.07 Å². The molecule has 0 aliphatic heterocycles. The van der Waals surface area contributed by atoms with Gasteiger partial charge in [-0.05, 0) is 97.7 Å². The summed E-state index contributed by atoms with van der Waals surface area (Å²) in [6, 6.07) is 17.4. The number of ether oxygens (including phenoxy) is 1. The summed E-state index contributed by atoms with van der Waals surface area (Å²) in [6.07, 6.45) is 1.63. The molecule has 2 N–H and O–H groups in total. The lowest BCUT2D eigenvalue weighted by atomic mass is 9.95. The van der Waals surface area contributed by atoms with Crippen LogP contribution >= 0.6 is 0 Å². The van der Waals surface area contributed by atoms with Gasteiger partial charge in [-0.25, -0.2) is 4.39 Å². The number of halogens is 1. The fourth-order valence-corrected chi connectivity index (χ4v) is 5.43. The molecule has 37 heavy (non-hydrogen) atoms. The standard InChI is InChI=1S/C30H36FNO4S/c1-4-36-13-14-37(35)27-15-21(2)28(22(3)16-27)18-23-7-5-8-24(17-23)20-32-26-12-11-25(29(31)19-26)9-6-10-30(33)34/h5,7-8,11-12,15-17,19,32H,4,6,9-10,13-14,18,20H2,1-3H3,(H,33,34). The van der Waals surface area contributed by atoms with E-state index in [1.807, 2.05) is 37.3 Å². The van der Waals surface area contributed by atoms with Gasteiger partial charge < -0.3 is 15.2 Å². The first-order valence-electron chi connectivity index (χ1n) is 12.6. The summed E-state index contributed by atoms with van der Waals surface area (Å²) >= 11 is 0. The van der Waals surface area contributed by atoms with Crippen molar-refractivity contribution in [1.29, 1.82) is 0 Å². The van der Waals surface area contributed by atoms with Crippen molar-refractivity contribution in [2.45, 2.75) is 57.9 Å². The van der Waals surface area contributed by atoms with E-state index in [2.05, 4.69) is 31.3 Å². The van der Waals surface area contributed by atoms with Crippen molar-refractivity contribution >= 4 is 22.5 Å². The van der Waals surface area contributed by atoms with E-state index in [-0.39, 0.29) is 12.2 Å². The van der Waals surface area contributed by atoms with E-state index in [9.17, 15) is 13.4 Å². The van der Waals surface area contributed by atoms with Gasteiger partial charge in [-0.3, -0.25) is 9.00 Å². The van der Waals surface area contributed by atoms with Crippen molar-refractivity contribution in [2.24, 2.45) is 0 Å². The van der Waals surface area contributed by atoms with Crippen molar-refractivity contribution in [3.63, 3.8) is 0 Å². The summed E-state index contributed by atoms with van der Waals surface area (Å²) in [5, 5.41) is 12.0. The molecule has 0 aliphatic rings. The molecule has 0 amide bonds. The second-order valence-electron chi connectivity index (χ2n) is 9.19. The molecule has 0 saturated carbocycles. The molecular formula is C30H36FNO4S. The lowest BCUT2D eigenvalue weighted by molar-refractivity contribution is -0.137. The number of nitrogens with one attached hydrogen (secondary N) is 1. The molecule has 0 heterocycles. The van der Waals surface area contributed by atoms with Crippen LogP contribution in [0.3, 0.4) is 0 Å². The van der Waals surface area contributed by atoms with Crippen LogP contribution < -0.4 is 5.32 Å². The minimum absolute atomic E-state index is 0.0347. The predicted octanol–water partition coefficient (Wildman–Crippen LogP) is 6.20. The molecule has 1 atom stereocenters. The van der Waals surface area contributed by atoms with Crippen LogP contribution in [0.2, 0.25) is 0 Å². The Hall–Kier alpha value is -3.03. The second kappa shape index (κ2) is 14.1. The van der Waals surface area contributed by atoms with Crippen LogP contribution in [0.4, 0.5) is 10.1 Å². The Bertz CT molecular complexity index is 1220. The highest BCUT2D eigenvalue weighted by Gasteiger charge is 2.11. The molecule has 0 fully saturated rings. The Morgan fingerprint density at radius 3 is 2.46 bits per heavy atom. The first kappa shape index (κ1) is 28.5. The predicted molar refractivity (Wildman–Crippen MR) is 147 cm³/mol. The lowest BCUT2D eigenvalue weighted by Crippen LogP contribution is -2.08. The van der Waals surface area contributed by atoms with Gasteiger partial charge in [0.1, 0.15) is 5.82 Å². The third-order valence-electron chi connectivity index (χ3n) is 6.31. The minimum atomic E-state index is -1.08. The molecule has 0 spiro atoms. The van der Waals surface area contributed by atoms with Crippen LogP contribution in [0.5, 0.6) is 0 Å². The van der Waals surface area contributed by atoms with Crippen LogP contribution in [-0.2, 0) is 39.7 Å². The van der Waals surface area contributed by atoms with Gasteiger partial charge in [-0.1, -0.05) is 30.3 Å². The number of hydrogen-bond donors (Lipinski definition) is 2. The van der Waals surface area contributed by atoms with Gasteiger partial charge >= 0.3 is 5.97 Å². The Labute approximate surface area is 221 Å². The summed E-state index contributed by atoms with van der Waals surface area (Å²) in [5.41, 5.74) is 6.97. The van der Waals surface area contributed by atoms with Crippen LogP contribution in [0.25, 0.3) is 0 Å². The zero-order valence-electron chi connectivity index (χ0n) is 21.8. The smallest absolute Gasteiger partial charge is 0.303 e. The van der Waals surface area contributed by atoms with E-state index in [0.717, 1.165) is 28.0 Å². The molecule has 7 heteroatoms. The molecule has 0 radical (unpaired) electrons. The minimum Gasteiger partial charge on any atom is -0.481 e. The maximum absolute atomic E-state index is 14.4. The summed E-state index contributed by atoms with van der Waals surface area (Å²) in [6.45, 7) is 7.74. The lowest BCUT2D eigenvalue weighted by Gasteiger charge is -2.14. The fourth-order valence-electron chi connectivity index (χ4n) is 4.31. The van der Waals surface area contributed by atoms with Crippen molar-refractivity contribution in [1.82, 2.24) is 0 Å². The number of aryl methyl sites for hydroxylation is 3. The summed E-state index contributed by atoms with van der Waals surface area (Å²) in [4.78, 5) is 11.5. The SMILES string of the molecule is CCOCCS(=O)c1cc(C)c(Cc2cccc(CNc3ccc(CCCC(=O)O)c(F)c3)c2)c(C)c1. The average Bonchev–Trinajstić information content (AvgIpc) is 2.86. The highest BCUT2D eigenvalue weighted by molar-refractivity contribution is 7.85. The Kier molecular flexibility index (Phi) is 10.8. The van der Waals surface area contributed by atoms with Gasteiger partial charge in [0.2, 0.25) is 0 Å². The molecule has 0 aliphatic carbocycles. The number of carboxylic acids is 1. The van der Waals surface area contributed by atoms with Crippen molar-refractivity contribution in [2.75, 3.05) is 24.3 Å². The van der Waals surface area contributed by atoms with Crippen LogP contribution in [0.15, 0.2) is 59.5 Å². The first-order chi connectivity index (χ1) is 17.8. The Morgan fingerprint density at radius 1 is 1.05 bits per heavy atom.